The molecule has 2 N–H and O–H groups in total. The molecular weight excluding hydrogens is 308 g/mol. The fourth-order valence-corrected chi connectivity index (χ4v) is 1.98. The lowest BCUT2D eigenvalue weighted by Gasteiger charge is -2.10. The van der Waals surface area contributed by atoms with Crippen LogP contribution in [-0.2, 0) is 16.1 Å². The van der Waals surface area contributed by atoms with Gasteiger partial charge in [0.1, 0.15) is 12.0 Å². The highest BCUT2D eigenvalue weighted by Crippen LogP contribution is 2.18. The maximum atomic E-state index is 11.1. The van der Waals surface area contributed by atoms with Crippen molar-refractivity contribution in [3.8, 4) is 11.5 Å². The van der Waals surface area contributed by atoms with Crippen molar-refractivity contribution >= 4 is 11.9 Å². The van der Waals surface area contributed by atoms with Gasteiger partial charge in [0.25, 0.3) is 0 Å². The maximum Gasteiger partial charge on any atom is 0.307 e. The summed E-state index contributed by atoms with van der Waals surface area (Å²) in [7, 11) is 1.37. The average Bonchev–Trinajstić information content (AvgIpc) is 3.09. The fraction of sp³-hybridized carbons (Fsp3) is 0.353. The number of carbonyl (C=O) groups excluding carboxylic acids is 1. The number of methoxy groups -OCH3 is 1. The van der Waals surface area contributed by atoms with E-state index in [0.29, 0.717) is 24.9 Å². The predicted octanol–water partition coefficient (Wildman–Crippen LogP) is 1.96. The van der Waals surface area contributed by atoms with E-state index >= 15 is 0 Å². The number of nitrogens with zero attached hydrogens (tertiary/aromatic N) is 2. The van der Waals surface area contributed by atoms with E-state index in [1.54, 1.807) is 6.26 Å². The number of benzene rings is 1. The van der Waals surface area contributed by atoms with Crippen molar-refractivity contribution in [1.29, 1.82) is 0 Å². The predicted molar refractivity (Wildman–Crippen MR) is 91.4 cm³/mol. The molecule has 0 spiro atoms. The van der Waals surface area contributed by atoms with Gasteiger partial charge in [-0.2, -0.15) is 0 Å². The molecule has 1 heterocycles. The summed E-state index contributed by atoms with van der Waals surface area (Å²) >= 11 is 0. The summed E-state index contributed by atoms with van der Waals surface area (Å²) in [6, 6.07) is 9.70. The van der Waals surface area contributed by atoms with Crippen molar-refractivity contribution in [3.05, 3.63) is 42.3 Å². The smallest absolute Gasteiger partial charge is 0.307 e. The molecule has 0 radical (unpaired) electrons. The normalized spacial score (nSPS) is 11.2. The highest BCUT2D eigenvalue weighted by Gasteiger charge is 2.06. The van der Waals surface area contributed by atoms with Crippen molar-refractivity contribution in [2.24, 2.45) is 4.99 Å². The summed E-state index contributed by atoms with van der Waals surface area (Å²) in [6.07, 6.45) is 1.88. The Labute approximate surface area is 141 Å². The third-order valence-electron chi connectivity index (χ3n) is 3.17. The van der Waals surface area contributed by atoms with Gasteiger partial charge in [-0.1, -0.05) is 18.2 Å². The molecule has 0 aliphatic rings. The Balaban J connectivity index is 1.93. The second-order valence-electron chi connectivity index (χ2n) is 4.96. The van der Waals surface area contributed by atoms with Crippen LogP contribution in [0.4, 0.5) is 0 Å². The monoisotopic (exact) mass is 330 g/mol. The van der Waals surface area contributed by atoms with Gasteiger partial charge >= 0.3 is 5.97 Å². The summed E-state index contributed by atoms with van der Waals surface area (Å²) in [5, 5.41) is 6.19. The van der Waals surface area contributed by atoms with Crippen LogP contribution in [0.1, 0.15) is 19.0 Å². The van der Waals surface area contributed by atoms with Crippen LogP contribution in [0, 0.1) is 0 Å². The number of ether oxygens (including phenoxy) is 1. The minimum atomic E-state index is -0.262. The molecule has 0 aliphatic heterocycles. The molecule has 7 nitrogen and oxygen atoms in total. The summed E-state index contributed by atoms with van der Waals surface area (Å²) in [6.45, 7) is 3.52. The van der Waals surface area contributed by atoms with E-state index in [2.05, 4.69) is 25.3 Å². The minimum absolute atomic E-state index is 0.262. The number of hydrogen-bond donors (Lipinski definition) is 2. The minimum Gasteiger partial charge on any atom is -0.469 e. The van der Waals surface area contributed by atoms with Crippen LogP contribution in [-0.4, -0.2) is 37.1 Å². The largest absolute Gasteiger partial charge is 0.469 e. The first-order valence-corrected chi connectivity index (χ1v) is 7.81. The maximum absolute atomic E-state index is 11.1. The Kier molecular flexibility index (Phi) is 6.82. The summed E-state index contributed by atoms with van der Waals surface area (Å²) < 4.78 is 10.1. The summed E-state index contributed by atoms with van der Waals surface area (Å²) in [4.78, 5) is 20.0. The zero-order chi connectivity index (χ0) is 17.2. The van der Waals surface area contributed by atoms with Gasteiger partial charge in [0.05, 0.1) is 20.1 Å². The second kappa shape index (κ2) is 9.34. The van der Waals surface area contributed by atoms with Crippen molar-refractivity contribution in [3.63, 3.8) is 0 Å². The van der Waals surface area contributed by atoms with E-state index in [9.17, 15) is 4.79 Å². The van der Waals surface area contributed by atoms with Crippen LogP contribution >= 0.6 is 0 Å². The number of carbonyl (C=O) groups is 1. The Bertz CT molecular complexity index is 667. The number of oxazole rings is 1. The molecule has 1 aromatic heterocycles. The van der Waals surface area contributed by atoms with E-state index in [4.69, 9.17) is 4.42 Å². The van der Waals surface area contributed by atoms with E-state index in [-0.39, 0.29) is 12.4 Å². The molecule has 128 valence electrons. The van der Waals surface area contributed by atoms with Gasteiger partial charge in [0, 0.05) is 18.7 Å². The molecule has 0 amide bonds. The number of aromatic nitrogens is 1. The molecule has 0 aliphatic carbocycles. The molecule has 2 aromatic rings. The highest BCUT2D eigenvalue weighted by atomic mass is 16.5. The van der Waals surface area contributed by atoms with Gasteiger partial charge in [-0.3, -0.25) is 4.79 Å². The molecule has 0 unspecified atom stereocenters. The first-order chi connectivity index (χ1) is 11.7. The van der Waals surface area contributed by atoms with Crippen LogP contribution in [0.3, 0.4) is 0 Å². The molecule has 24 heavy (non-hydrogen) atoms. The standard InChI is InChI=1S/C17H22N4O3/c1-3-18-17(19-10-9-15(22)23-2)20-11-14-12-24-16(21-14)13-7-5-4-6-8-13/h4-8,12H,3,9-11H2,1-2H3,(H2,18,19,20). The van der Waals surface area contributed by atoms with Crippen LogP contribution in [0.5, 0.6) is 0 Å². The zero-order valence-corrected chi connectivity index (χ0v) is 13.9. The van der Waals surface area contributed by atoms with Gasteiger partial charge in [-0.05, 0) is 19.1 Å². The quantitative estimate of drug-likeness (QED) is 0.458. The van der Waals surface area contributed by atoms with E-state index in [1.165, 1.54) is 7.11 Å². The molecule has 2 rings (SSSR count). The zero-order valence-electron chi connectivity index (χ0n) is 13.9. The van der Waals surface area contributed by atoms with E-state index in [1.807, 2.05) is 37.3 Å². The van der Waals surface area contributed by atoms with Crippen molar-refractivity contribution in [2.75, 3.05) is 20.2 Å². The van der Waals surface area contributed by atoms with Gasteiger partial charge in [-0.15, -0.1) is 0 Å². The van der Waals surface area contributed by atoms with Crippen LogP contribution < -0.4 is 10.6 Å². The topological polar surface area (TPSA) is 88.8 Å². The Hall–Kier alpha value is -2.83. The van der Waals surface area contributed by atoms with Gasteiger partial charge in [-0.25, -0.2) is 9.98 Å². The first kappa shape index (κ1) is 17.5. The SMILES string of the molecule is CCNC(=NCc1coc(-c2ccccc2)n1)NCCC(=O)OC. The number of rotatable bonds is 7. The number of nitrogens with one attached hydrogen (secondary N) is 2. The molecular formula is C17H22N4O3. The van der Waals surface area contributed by atoms with Crippen molar-refractivity contribution in [2.45, 2.75) is 19.9 Å². The molecule has 0 saturated heterocycles. The van der Waals surface area contributed by atoms with E-state index < -0.39 is 0 Å². The second-order valence-corrected chi connectivity index (χ2v) is 4.96. The molecule has 0 saturated carbocycles. The highest BCUT2D eigenvalue weighted by molar-refractivity contribution is 5.80. The van der Waals surface area contributed by atoms with Gasteiger partial charge < -0.3 is 19.8 Å². The van der Waals surface area contributed by atoms with Crippen LogP contribution in [0.25, 0.3) is 11.5 Å². The molecule has 0 fully saturated rings. The number of guanidine groups is 1. The summed E-state index contributed by atoms with van der Waals surface area (Å²) in [5.41, 5.74) is 1.66. The lowest BCUT2D eigenvalue weighted by molar-refractivity contribution is -0.140. The lowest BCUT2D eigenvalue weighted by Crippen LogP contribution is -2.38. The number of esters is 1. The third kappa shape index (κ3) is 5.42. The fourth-order valence-electron chi connectivity index (χ4n) is 1.98. The third-order valence-corrected chi connectivity index (χ3v) is 3.17. The van der Waals surface area contributed by atoms with Gasteiger partial charge in [0.2, 0.25) is 5.89 Å². The average molecular weight is 330 g/mol. The molecule has 0 atom stereocenters. The number of hydrogen-bond acceptors (Lipinski definition) is 5. The summed E-state index contributed by atoms with van der Waals surface area (Å²) in [5.74, 6) is 0.928. The molecule has 1 aromatic carbocycles. The van der Waals surface area contributed by atoms with Crippen molar-refractivity contribution < 1.29 is 13.9 Å². The van der Waals surface area contributed by atoms with Crippen LogP contribution in [0.2, 0.25) is 0 Å². The molecule has 7 heteroatoms. The first-order valence-electron chi connectivity index (χ1n) is 7.81. The Morgan fingerprint density at radius 1 is 1.29 bits per heavy atom. The van der Waals surface area contributed by atoms with Crippen LogP contribution in [0.15, 0.2) is 46.0 Å². The lowest BCUT2D eigenvalue weighted by atomic mass is 10.2. The van der Waals surface area contributed by atoms with Crippen molar-refractivity contribution in [1.82, 2.24) is 15.6 Å². The Morgan fingerprint density at radius 3 is 2.79 bits per heavy atom. The Morgan fingerprint density at radius 2 is 2.08 bits per heavy atom. The van der Waals surface area contributed by atoms with E-state index in [0.717, 1.165) is 17.8 Å². The molecule has 0 bridgehead atoms. The van der Waals surface area contributed by atoms with Gasteiger partial charge in [0.15, 0.2) is 5.96 Å². The number of aliphatic imine (C=N–C) groups is 1.